The lowest BCUT2D eigenvalue weighted by Gasteiger charge is -2.45. The van der Waals surface area contributed by atoms with Crippen LogP contribution in [0.3, 0.4) is 0 Å². The van der Waals surface area contributed by atoms with Gasteiger partial charge in [0, 0.05) is 10.8 Å². The molecule has 180 valence electrons. The van der Waals surface area contributed by atoms with Crippen molar-refractivity contribution in [2.24, 2.45) is 16.2 Å². The average molecular weight is 453 g/mol. The second-order valence-electron chi connectivity index (χ2n) is 12.0. The maximum atomic E-state index is 6.28. The second-order valence-corrected chi connectivity index (χ2v) is 12.0. The number of benzene rings is 2. The van der Waals surface area contributed by atoms with Crippen LogP contribution in [0.25, 0.3) is 0 Å². The number of rotatable bonds is 9. The molecule has 33 heavy (non-hydrogen) atoms. The van der Waals surface area contributed by atoms with Crippen molar-refractivity contribution in [2.75, 3.05) is 26.9 Å². The minimum absolute atomic E-state index is 0.158. The largest absolute Gasteiger partial charge is 0.493 e. The molecule has 4 rings (SSSR count). The third kappa shape index (κ3) is 5.16. The third-order valence-electron chi connectivity index (χ3n) is 7.37. The van der Waals surface area contributed by atoms with E-state index in [-0.39, 0.29) is 16.9 Å². The van der Waals surface area contributed by atoms with E-state index in [2.05, 4.69) is 65.8 Å². The topological polar surface area (TPSA) is 36.9 Å². The molecule has 1 heterocycles. The highest BCUT2D eigenvalue weighted by Crippen LogP contribution is 2.53. The number of hydrogen-bond donors (Lipinski definition) is 0. The Morgan fingerprint density at radius 2 is 1.55 bits per heavy atom. The zero-order valence-corrected chi connectivity index (χ0v) is 21.4. The van der Waals surface area contributed by atoms with Gasteiger partial charge in [0.25, 0.3) is 0 Å². The lowest BCUT2D eigenvalue weighted by molar-refractivity contribution is -0.172. The van der Waals surface area contributed by atoms with Gasteiger partial charge in [-0.15, -0.1) is 0 Å². The highest BCUT2D eigenvalue weighted by Gasteiger charge is 2.41. The van der Waals surface area contributed by atoms with E-state index in [1.54, 1.807) is 7.11 Å². The fraction of sp³-hybridized carbons (Fsp3) is 0.586. The average Bonchev–Trinajstić information content (AvgIpc) is 2.76. The summed E-state index contributed by atoms with van der Waals surface area (Å²) in [5.74, 6) is 3.05. The molecule has 0 radical (unpaired) electrons. The van der Waals surface area contributed by atoms with Crippen molar-refractivity contribution in [3.05, 3.63) is 53.6 Å². The molecule has 2 unspecified atom stereocenters. The molecule has 1 saturated heterocycles. The maximum absolute atomic E-state index is 6.28. The van der Waals surface area contributed by atoms with E-state index in [9.17, 15) is 0 Å². The van der Waals surface area contributed by atoms with Gasteiger partial charge in [-0.05, 0) is 59.6 Å². The molecule has 1 saturated carbocycles. The van der Waals surface area contributed by atoms with Crippen LogP contribution in [-0.4, -0.2) is 26.9 Å². The van der Waals surface area contributed by atoms with Crippen LogP contribution >= 0.6 is 0 Å². The van der Waals surface area contributed by atoms with Crippen LogP contribution in [-0.2, 0) is 4.74 Å². The van der Waals surface area contributed by atoms with Crippen LogP contribution in [0.5, 0.6) is 17.2 Å². The van der Waals surface area contributed by atoms with Crippen molar-refractivity contribution >= 4 is 0 Å². The van der Waals surface area contributed by atoms with Gasteiger partial charge in [0.1, 0.15) is 5.75 Å². The van der Waals surface area contributed by atoms with E-state index in [4.69, 9.17) is 18.9 Å². The molecule has 0 aromatic heterocycles. The quantitative estimate of drug-likeness (QED) is 0.404. The number of methoxy groups -OCH3 is 1. The molecule has 2 aromatic carbocycles. The first-order valence-corrected chi connectivity index (χ1v) is 12.2. The fourth-order valence-electron chi connectivity index (χ4n) is 4.89. The Kier molecular flexibility index (Phi) is 6.43. The maximum Gasteiger partial charge on any atom is 0.161 e. The van der Waals surface area contributed by atoms with Gasteiger partial charge in [-0.2, -0.15) is 0 Å². The molecule has 0 amide bonds. The van der Waals surface area contributed by atoms with Crippen LogP contribution in [0, 0.1) is 16.2 Å². The molecular weight excluding hydrogens is 412 g/mol. The summed E-state index contributed by atoms with van der Waals surface area (Å²) in [5.41, 5.74) is 2.95. The molecule has 1 aliphatic carbocycles. The van der Waals surface area contributed by atoms with Gasteiger partial charge >= 0.3 is 0 Å². The highest BCUT2D eigenvalue weighted by atomic mass is 16.5. The van der Waals surface area contributed by atoms with Crippen LogP contribution in [0.15, 0.2) is 42.5 Å². The van der Waals surface area contributed by atoms with Gasteiger partial charge in [-0.3, -0.25) is 0 Å². The first-order chi connectivity index (χ1) is 15.5. The summed E-state index contributed by atoms with van der Waals surface area (Å²) in [6, 6.07) is 14.7. The molecule has 0 N–H and O–H groups in total. The van der Waals surface area contributed by atoms with Gasteiger partial charge in [-0.1, -0.05) is 59.7 Å². The van der Waals surface area contributed by atoms with E-state index in [1.165, 1.54) is 24.0 Å². The molecule has 1 aliphatic heterocycles. The van der Waals surface area contributed by atoms with Gasteiger partial charge in [0.15, 0.2) is 11.5 Å². The minimum atomic E-state index is -0.158. The van der Waals surface area contributed by atoms with E-state index in [0.717, 1.165) is 23.9 Å². The van der Waals surface area contributed by atoms with Crippen molar-refractivity contribution in [1.82, 2.24) is 0 Å². The monoisotopic (exact) mass is 452 g/mol. The zero-order valence-electron chi connectivity index (χ0n) is 21.4. The van der Waals surface area contributed by atoms with E-state index in [1.807, 2.05) is 18.2 Å². The van der Waals surface area contributed by atoms with E-state index >= 15 is 0 Å². The molecule has 4 nitrogen and oxygen atoms in total. The lowest BCUT2D eigenvalue weighted by atomic mass is 9.60. The van der Waals surface area contributed by atoms with Crippen LogP contribution in [0.2, 0.25) is 0 Å². The summed E-state index contributed by atoms with van der Waals surface area (Å²) in [5, 5.41) is 0. The zero-order chi connectivity index (χ0) is 23.9. The van der Waals surface area contributed by atoms with Crippen molar-refractivity contribution < 1.29 is 18.9 Å². The molecule has 2 fully saturated rings. The molecule has 0 bridgehead atoms. The Morgan fingerprint density at radius 3 is 2.06 bits per heavy atom. The van der Waals surface area contributed by atoms with Crippen LogP contribution in [0.1, 0.15) is 77.5 Å². The van der Waals surface area contributed by atoms with E-state index in [0.29, 0.717) is 24.5 Å². The Labute approximate surface area is 199 Å². The summed E-state index contributed by atoms with van der Waals surface area (Å²) in [6.07, 6.45) is 2.69. The summed E-state index contributed by atoms with van der Waals surface area (Å²) in [6.45, 7) is 15.4. The SMILES string of the molecule is COc1ccc(C2CCC2(C)C)cc1OCC(C)(C)COc1ccc(C2OCC2(C)C)cc1. The number of hydrogen-bond acceptors (Lipinski definition) is 4. The molecule has 2 aromatic rings. The highest BCUT2D eigenvalue weighted by molar-refractivity contribution is 5.45. The first-order valence-electron chi connectivity index (χ1n) is 12.2. The molecular formula is C29H40O4. The van der Waals surface area contributed by atoms with Gasteiger partial charge < -0.3 is 18.9 Å². The standard InChI is InChI=1S/C29H40O4/c1-27(2,17-31-22-11-8-20(9-12-22)26-29(5,6)19-33-26)18-32-25-16-21(10-13-24(25)30-7)23-14-15-28(23,3)4/h8-13,16,23,26H,14-15,17-19H2,1-7H3. The van der Waals surface area contributed by atoms with Gasteiger partial charge in [-0.25, -0.2) is 0 Å². The second kappa shape index (κ2) is 8.87. The first kappa shape index (κ1) is 23.9. The smallest absolute Gasteiger partial charge is 0.161 e. The predicted molar refractivity (Wildman–Crippen MR) is 132 cm³/mol. The van der Waals surface area contributed by atoms with Crippen LogP contribution < -0.4 is 14.2 Å². The summed E-state index contributed by atoms with van der Waals surface area (Å²) >= 11 is 0. The normalized spacial score (nSPS) is 23.2. The molecule has 0 spiro atoms. The summed E-state index contributed by atoms with van der Waals surface area (Å²) in [7, 11) is 1.70. The van der Waals surface area contributed by atoms with Crippen molar-refractivity contribution in [2.45, 2.75) is 66.4 Å². The van der Waals surface area contributed by atoms with Gasteiger partial charge in [0.2, 0.25) is 0 Å². The Morgan fingerprint density at radius 1 is 0.879 bits per heavy atom. The lowest BCUT2D eigenvalue weighted by Crippen LogP contribution is -2.40. The van der Waals surface area contributed by atoms with Crippen molar-refractivity contribution in [1.29, 1.82) is 0 Å². The van der Waals surface area contributed by atoms with Crippen LogP contribution in [0.4, 0.5) is 0 Å². The van der Waals surface area contributed by atoms with E-state index < -0.39 is 0 Å². The van der Waals surface area contributed by atoms with Gasteiger partial charge in [0.05, 0.1) is 33.0 Å². The molecule has 2 atom stereocenters. The summed E-state index contributed by atoms with van der Waals surface area (Å²) < 4.78 is 23.7. The summed E-state index contributed by atoms with van der Waals surface area (Å²) in [4.78, 5) is 0. The Bertz CT molecular complexity index is 958. The predicted octanol–water partition coefficient (Wildman–Crippen LogP) is 7.18. The van der Waals surface area contributed by atoms with Crippen molar-refractivity contribution in [3.63, 3.8) is 0 Å². The third-order valence-corrected chi connectivity index (χ3v) is 7.37. The Balaban J connectivity index is 1.34. The molecule has 4 heteroatoms. The fourth-order valence-corrected chi connectivity index (χ4v) is 4.89. The number of ether oxygens (including phenoxy) is 4. The Hall–Kier alpha value is -2.20. The minimum Gasteiger partial charge on any atom is -0.493 e. The molecule has 2 aliphatic rings. The van der Waals surface area contributed by atoms with Crippen molar-refractivity contribution in [3.8, 4) is 17.2 Å².